The van der Waals surface area contributed by atoms with Gasteiger partial charge in [-0.2, -0.15) is 5.10 Å². The lowest BCUT2D eigenvalue weighted by atomic mass is 10.1. The smallest absolute Gasteiger partial charge is 0.320 e. The van der Waals surface area contributed by atoms with Crippen LogP contribution in [0, 0.1) is 0 Å². The molecular formula is C23H23N5O3. The third kappa shape index (κ3) is 5.30. The number of imidazole rings is 1. The molecule has 0 aliphatic carbocycles. The lowest BCUT2D eigenvalue weighted by molar-refractivity contribution is 0.250. The predicted molar refractivity (Wildman–Crippen MR) is 119 cm³/mol. The molecule has 0 fully saturated rings. The molecule has 0 saturated carbocycles. The SMILES string of the molecule is COc1cccc(-c2ccc3nc(NC(=O)NCCCOc4ccccc4)cn3n2)c1. The highest BCUT2D eigenvalue weighted by molar-refractivity contribution is 5.88. The van der Waals surface area contributed by atoms with E-state index in [1.165, 1.54) is 0 Å². The summed E-state index contributed by atoms with van der Waals surface area (Å²) in [6, 6.07) is 20.7. The van der Waals surface area contributed by atoms with Gasteiger partial charge in [0.2, 0.25) is 0 Å². The summed E-state index contributed by atoms with van der Waals surface area (Å²) in [6.07, 6.45) is 2.37. The van der Waals surface area contributed by atoms with Crippen LogP contribution in [-0.4, -0.2) is 40.9 Å². The van der Waals surface area contributed by atoms with Crippen LogP contribution in [0.4, 0.5) is 10.6 Å². The van der Waals surface area contributed by atoms with Crippen molar-refractivity contribution < 1.29 is 14.3 Å². The van der Waals surface area contributed by atoms with Crippen molar-refractivity contribution in [1.82, 2.24) is 19.9 Å². The predicted octanol–water partition coefficient (Wildman–Crippen LogP) is 4.00. The molecule has 0 spiro atoms. The Morgan fingerprint density at radius 3 is 2.71 bits per heavy atom. The van der Waals surface area contributed by atoms with E-state index in [1.807, 2.05) is 66.7 Å². The van der Waals surface area contributed by atoms with E-state index in [0.717, 1.165) is 22.8 Å². The van der Waals surface area contributed by atoms with Gasteiger partial charge in [-0.3, -0.25) is 5.32 Å². The molecule has 158 valence electrons. The molecule has 8 nitrogen and oxygen atoms in total. The van der Waals surface area contributed by atoms with Crippen molar-refractivity contribution in [2.75, 3.05) is 25.6 Å². The number of rotatable bonds is 8. The number of nitrogens with zero attached hydrogens (tertiary/aromatic N) is 3. The first-order valence-electron chi connectivity index (χ1n) is 9.95. The quantitative estimate of drug-likeness (QED) is 0.423. The molecule has 2 aromatic heterocycles. The Morgan fingerprint density at radius 2 is 1.87 bits per heavy atom. The first kappa shape index (κ1) is 20.2. The van der Waals surface area contributed by atoms with Crippen molar-refractivity contribution in [2.45, 2.75) is 6.42 Å². The molecule has 31 heavy (non-hydrogen) atoms. The highest BCUT2D eigenvalue weighted by Crippen LogP contribution is 2.22. The number of carbonyl (C=O) groups is 1. The number of methoxy groups -OCH3 is 1. The van der Waals surface area contributed by atoms with Crippen LogP contribution >= 0.6 is 0 Å². The third-order valence-electron chi connectivity index (χ3n) is 4.55. The Hall–Kier alpha value is -4.07. The van der Waals surface area contributed by atoms with Crippen LogP contribution in [0.2, 0.25) is 0 Å². The van der Waals surface area contributed by atoms with Crippen LogP contribution in [0.3, 0.4) is 0 Å². The van der Waals surface area contributed by atoms with Gasteiger partial charge in [0.1, 0.15) is 11.5 Å². The van der Waals surface area contributed by atoms with E-state index in [1.54, 1.807) is 17.8 Å². The molecule has 0 aliphatic rings. The van der Waals surface area contributed by atoms with Gasteiger partial charge in [0, 0.05) is 12.1 Å². The van der Waals surface area contributed by atoms with Gasteiger partial charge >= 0.3 is 6.03 Å². The van der Waals surface area contributed by atoms with E-state index in [9.17, 15) is 4.79 Å². The van der Waals surface area contributed by atoms with Crippen LogP contribution in [0.15, 0.2) is 72.9 Å². The molecule has 0 unspecified atom stereocenters. The van der Waals surface area contributed by atoms with E-state index in [2.05, 4.69) is 20.7 Å². The Morgan fingerprint density at radius 1 is 1.03 bits per heavy atom. The van der Waals surface area contributed by atoms with Crippen molar-refractivity contribution in [3.63, 3.8) is 0 Å². The largest absolute Gasteiger partial charge is 0.497 e. The zero-order valence-electron chi connectivity index (χ0n) is 17.1. The summed E-state index contributed by atoms with van der Waals surface area (Å²) in [6.45, 7) is 1.01. The molecular weight excluding hydrogens is 394 g/mol. The molecule has 0 aliphatic heterocycles. The Labute approximate surface area is 179 Å². The minimum absolute atomic E-state index is 0.323. The normalized spacial score (nSPS) is 10.6. The molecule has 2 aromatic carbocycles. The van der Waals surface area contributed by atoms with Gasteiger partial charge in [0.05, 0.1) is 25.6 Å². The van der Waals surface area contributed by atoms with Crippen molar-refractivity contribution in [2.24, 2.45) is 0 Å². The summed E-state index contributed by atoms with van der Waals surface area (Å²) in [7, 11) is 1.63. The fourth-order valence-corrected chi connectivity index (χ4v) is 3.02. The van der Waals surface area contributed by atoms with Gasteiger partial charge in [-0.1, -0.05) is 30.3 Å². The molecule has 2 heterocycles. The maximum absolute atomic E-state index is 12.1. The van der Waals surface area contributed by atoms with E-state index >= 15 is 0 Å². The Bertz CT molecular complexity index is 1160. The molecule has 8 heteroatoms. The standard InChI is InChI=1S/C23H23N5O3/c1-30-19-10-5-7-17(15-19)20-11-12-22-25-21(16-28(22)27-20)26-23(29)24-13-6-14-31-18-8-3-2-4-9-18/h2-5,7-12,15-16H,6,13-14H2,1H3,(H2,24,26,29). The highest BCUT2D eigenvalue weighted by atomic mass is 16.5. The fourth-order valence-electron chi connectivity index (χ4n) is 3.02. The summed E-state index contributed by atoms with van der Waals surface area (Å²) in [4.78, 5) is 16.5. The minimum atomic E-state index is -0.323. The molecule has 4 aromatic rings. The van der Waals surface area contributed by atoms with Crippen LogP contribution in [0.5, 0.6) is 11.5 Å². The molecule has 4 rings (SSSR count). The van der Waals surface area contributed by atoms with Gasteiger partial charge in [-0.25, -0.2) is 14.3 Å². The van der Waals surface area contributed by atoms with E-state index < -0.39 is 0 Å². The first-order valence-corrected chi connectivity index (χ1v) is 9.95. The monoisotopic (exact) mass is 417 g/mol. The average Bonchev–Trinajstić information content (AvgIpc) is 3.21. The van der Waals surface area contributed by atoms with Gasteiger partial charge < -0.3 is 14.8 Å². The van der Waals surface area contributed by atoms with Crippen molar-refractivity contribution in [1.29, 1.82) is 0 Å². The maximum Gasteiger partial charge on any atom is 0.320 e. The van der Waals surface area contributed by atoms with E-state index in [4.69, 9.17) is 9.47 Å². The number of carbonyl (C=O) groups excluding carboxylic acids is 1. The van der Waals surface area contributed by atoms with E-state index in [0.29, 0.717) is 31.0 Å². The molecule has 0 radical (unpaired) electrons. The second-order valence-corrected chi connectivity index (χ2v) is 6.78. The molecule has 2 amide bonds. The van der Waals surface area contributed by atoms with Gasteiger partial charge in [0.25, 0.3) is 0 Å². The molecule has 2 N–H and O–H groups in total. The number of aromatic nitrogens is 3. The summed E-state index contributed by atoms with van der Waals surface area (Å²) < 4.78 is 12.5. The summed E-state index contributed by atoms with van der Waals surface area (Å²) in [5.74, 6) is 2.00. The zero-order chi connectivity index (χ0) is 21.5. The number of urea groups is 1. The van der Waals surface area contributed by atoms with Crippen LogP contribution in [0.1, 0.15) is 6.42 Å². The second kappa shape index (κ2) is 9.62. The maximum atomic E-state index is 12.1. The van der Waals surface area contributed by atoms with Gasteiger partial charge in [-0.05, 0) is 42.8 Å². The van der Waals surface area contributed by atoms with Crippen LogP contribution < -0.4 is 20.1 Å². The first-order chi connectivity index (χ1) is 15.2. The second-order valence-electron chi connectivity index (χ2n) is 6.78. The number of hydrogen-bond acceptors (Lipinski definition) is 5. The fraction of sp³-hybridized carbons (Fsp3) is 0.174. The number of hydrogen-bond donors (Lipinski definition) is 2. The van der Waals surface area contributed by atoms with Crippen molar-refractivity contribution >= 4 is 17.5 Å². The zero-order valence-corrected chi connectivity index (χ0v) is 17.1. The van der Waals surface area contributed by atoms with Gasteiger partial charge in [-0.15, -0.1) is 0 Å². The average molecular weight is 417 g/mol. The van der Waals surface area contributed by atoms with Crippen LogP contribution in [0.25, 0.3) is 16.9 Å². The number of anilines is 1. The number of para-hydroxylation sites is 1. The molecule has 0 saturated heterocycles. The number of amides is 2. The topological polar surface area (TPSA) is 89.8 Å². The van der Waals surface area contributed by atoms with Gasteiger partial charge in [0.15, 0.2) is 11.5 Å². The lowest BCUT2D eigenvalue weighted by Gasteiger charge is -2.07. The van der Waals surface area contributed by atoms with Crippen molar-refractivity contribution in [3.05, 3.63) is 72.9 Å². The number of fused-ring (bicyclic) bond motifs is 1. The lowest BCUT2D eigenvalue weighted by Crippen LogP contribution is -2.30. The molecule has 0 atom stereocenters. The number of ether oxygens (including phenoxy) is 2. The summed E-state index contributed by atoms with van der Waals surface area (Å²) in [5.41, 5.74) is 2.34. The summed E-state index contributed by atoms with van der Waals surface area (Å²) in [5, 5.41) is 10.1. The Balaban J connectivity index is 1.30. The van der Waals surface area contributed by atoms with Crippen molar-refractivity contribution in [3.8, 4) is 22.8 Å². The van der Waals surface area contributed by atoms with E-state index in [-0.39, 0.29) is 6.03 Å². The third-order valence-corrected chi connectivity index (χ3v) is 4.55. The number of nitrogens with one attached hydrogen (secondary N) is 2. The highest BCUT2D eigenvalue weighted by Gasteiger charge is 2.08. The summed E-state index contributed by atoms with van der Waals surface area (Å²) >= 11 is 0. The van der Waals surface area contributed by atoms with Crippen LogP contribution in [-0.2, 0) is 0 Å². The number of benzene rings is 2. The Kier molecular flexibility index (Phi) is 6.27. The minimum Gasteiger partial charge on any atom is -0.497 e. The molecule has 0 bridgehead atoms.